The SMILES string of the molecule is CCC(C(=O)OC)N1Cc2sc(Br)cc2S1(=O)=O. The highest BCUT2D eigenvalue weighted by Crippen LogP contribution is 2.40. The van der Waals surface area contributed by atoms with E-state index in [0.29, 0.717) is 11.3 Å². The van der Waals surface area contributed by atoms with Crippen LogP contribution in [0.25, 0.3) is 0 Å². The van der Waals surface area contributed by atoms with E-state index in [0.717, 1.165) is 8.66 Å². The number of ether oxygens (including phenoxy) is 1. The van der Waals surface area contributed by atoms with Gasteiger partial charge in [-0.3, -0.25) is 4.79 Å². The number of fused-ring (bicyclic) bond motifs is 1. The summed E-state index contributed by atoms with van der Waals surface area (Å²) in [7, 11) is -2.32. The third-order valence-corrected chi connectivity index (χ3v) is 6.51. The Labute approximate surface area is 118 Å². The number of carbonyl (C=O) groups is 1. The molecule has 0 saturated heterocycles. The van der Waals surface area contributed by atoms with Crippen LogP contribution in [-0.2, 0) is 26.1 Å². The van der Waals surface area contributed by atoms with Crippen LogP contribution in [0.3, 0.4) is 0 Å². The molecule has 5 nitrogen and oxygen atoms in total. The van der Waals surface area contributed by atoms with E-state index in [1.54, 1.807) is 13.0 Å². The first kappa shape index (κ1) is 14.0. The van der Waals surface area contributed by atoms with Crippen LogP contribution in [-0.4, -0.2) is 31.8 Å². The van der Waals surface area contributed by atoms with Gasteiger partial charge in [0.2, 0.25) is 10.0 Å². The number of esters is 1. The van der Waals surface area contributed by atoms with E-state index >= 15 is 0 Å². The fourth-order valence-corrected chi connectivity index (χ4v) is 6.04. The predicted octanol–water partition coefficient (Wildman–Crippen LogP) is 1.97. The Morgan fingerprint density at radius 1 is 1.67 bits per heavy atom. The molecule has 1 aromatic heterocycles. The van der Waals surface area contributed by atoms with Crippen molar-refractivity contribution in [3.63, 3.8) is 0 Å². The van der Waals surface area contributed by atoms with Gasteiger partial charge in [-0.2, -0.15) is 4.31 Å². The molecule has 0 N–H and O–H groups in total. The summed E-state index contributed by atoms with van der Waals surface area (Å²) in [4.78, 5) is 12.7. The quantitative estimate of drug-likeness (QED) is 0.779. The lowest BCUT2D eigenvalue weighted by Crippen LogP contribution is -2.41. The van der Waals surface area contributed by atoms with Gasteiger partial charge >= 0.3 is 5.97 Å². The number of methoxy groups -OCH3 is 1. The van der Waals surface area contributed by atoms with E-state index < -0.39 is 22.0 Å². The second-order valence-electron chi connectivity index (χ2n) is 3.84. The molecule has 1 atom stereocenters. The number of sulfonamides is 1. The molecule has 0 radical (unpaired) electrons. The maximum Gasteiger partial charge on any atom is 0.324 e. The molecule has 2 rings (SSSR count). The van der Waals surface area contributed by atoms with Crippen molar-refractivity contribution in [1.82, 2.24) is 4.31 Å². The molecule has 8 heteroatoms. The highest BCUT2D eigenvalue weighted by Gasteiger charge is 2.43. The molecule has 1 unspecified atom stereocenters. The molecule has 18 heavy (non-hydrogen) atoms. The van der Waals surface area contributed by atoms with E-state index in [9.17, 15) is 13.2 Å². The largest absolute Gasteiger partial charge is 0.468 e. The summed E-state index contributed by atoms with van der Waals surface area (Å²) < 4.78 is 31.3. The first-order valence-corrected chi connectivity index (χ1v) is 8.34. The van der Waals surface area contributed by atoms with Crippen molar-refractivity contribution in [2.24, 2.45) is 0 Å². The normalized spacial score (nSPS) is 19.5. The standard InChI is InChI=1S/C10H12BrNO4S2/c1-3-6(10(13)16-2)12-5-7-8(18(12,14)15)4-9(11)17-7/h4,6H,3,5H2,1-2H3. The average Bonchev–Trinajstić information content (AvgIpc) is 2.79. The van der Waals surface area contributed by atoms with Crippen LogP contribution in [0.1, 0.15) is 18.2 Å². The van der Waals surface area contributed by atoms with Gasteiger partial charge in [0.1, 0.15) is 6.04 Å². The van der Waals surface area contributed by atoms with Gasteiger partial charge in [-0.1, -0.05) is 6.92 Å². The number of carbonyl (C=O) groups excluding carboxylic acids is 1. The Kier molecular flexibility index (Phi) is 3.82. The Bertz CT molecular complexity index is 581. The van der Waals surface area contributed by atoms with Crippen LogP contribution < -0.4 is 0 Å². The van der Waals surface area contributed by atoms with Gasteiger partial charge in [-0.25, -0.2) is 8.42 Å². The predicted molar refractivity (Wildman–Crippen MR) is 70.8 cm³/mol. The van der Waals surface area contributed by atoms with Crippen molar-refractivity contribution >= 4 is 43.3 Å². The third kappa shape index (κ3) is 2.11. The summed E-state index contributed by atoms with van der Waals surface area (Å²) in [5.41, 5.74) is 0. The molecular weight excluding hydrogens is 342 g/mol. The Morgan fingerprint density at radius 3 is 2.83 bits per heavy atom. The molecule has 0 saturated carbocycles. The number of hydrogen-bond donors (Lipinski definition) is 0. The van der Waals surface area contributed by atoms with E-state index in [1.807, 2.05) is 0 Å². The molecule has 0 bridgehead atoms. The zero-order valence-corrected chi connectivity index (χ0v) is 13.1. The van der Waals surface area contributed by atoms with Gasteiger partial charge in [-0.15, -0.1) is 11.3 Å². The van der Waals surface area contributed by atoms with Crippen LogP contribution in [0.4, 0.5) is 0 Å². The summed E-state index contributed by atoms with van der Waals surface area (Å²) in [5, 5.41) is 0. The van der Waals surface area contributed by atoms with Crippen LogP contribution in [0.15, 0.2) is 14.7 Å². The number of rotatable bonds is 3. The summed E-state index contributed by atoms with van der Waals surface area (Å²) >= 11 is 4.64. The second kappa shape index (κ2) is 4.92. The van der Waals surface area contributed by atoms with E-state index in [-0.39, 0.29) is 6.54 Å². The van der Waals surface area contributed by atoms with Gasteiger partial charge in [0.15, 0.2) is 0 Å². The zero-order valence-electron chi connectivity index (χ0n) is 9.84. The van der Waals surface area contributed by atoms with E-state index in [1.165, 1.54) is 22.8 Å². The minimum atomic E-state index is -3.58. The molecule has 1 aliphatic rings. The summed E-state index contributed by atoms with van der Waals surface area (Å²) in [5.74, 6) is -0.518. The minimum Gasteiger partial charge on any atom is -0.468 e. The van der Waals surface area contributed by atoms with Crippen LogP contribution in [0.2, 0.25) is 0 Å². The highest BCUT2D eigenvalue weighted by atomic mass is 79.9. The van der Waals surface area contributed by atoms with Crippen molar-refractivity contribution < 1.29 is 17.9 Å². The van der Waals surface area contributed by atoms with Gasteiger partial charge in [0.05, 0.1) is 22.3 Å². The molecular formula is C10H12BrNO4S2. The van der Waals surface area contributed by atoms with Crippen molar-refractivity contribution in [2.45, 2.75) is 30.8 Å². The molecule has 2 heterocycles. The topological polar surface area (TPSA) is 63.7 Å². The Morgan fingerprint density at radius 2 is 2.33 bits per heavy atom. The first-order valence-electron chi connectivity index (χ1n) is 5.29. The lowest BCUT2D eigenvalue weighted by atomic mass is 10.2. The van der Waals surface area contributed by atoms with Gasteiger partial charge in [0.25, 0.3) is 0 Å². The minimum absolute atomic E-state index is 0.238. The molecule has 0 aromatic carbocycles. The fraction of sp³-hybridized carbons (Fsp3) is 0.500. The maximum atomic E-state index is 12.3. The van der Waals surface area contributed by atoms with Crippen molar-refractivity contribution in [2.75, 3.05) is 7.11 Å². The van der Waals surface area contributed by atoms with Crippen LogP contribution in [0.5, 0.6) is 0 Å². The van der Waals surface area contributed by atoms with E-state index in [2.05, 4.69) is 20.7 Å². The van der Waals surface area contributed by atoms with Crippen molar-refractivity contribution in [3.8, 4) is 0 Å². The Balaban J connectivity index is 2.40. The third-order valence-electron chi connectivity index (χ3n) is 2.83. The zero-order chi connectivity index (χ0) is 13.5. The van der Waals surface area contributed by atoms with Gasteiger partial charge in [0, 0.05) is 4.88 Å². The number of halogens is 1. The lowest BCUT2D eigenvalue weighted by Gasteiger charge is -2.22. The highest BCUT2D eigenvalue weighted by molar-refractivity contribution is 9.11. The summed E-state index contributed by atoms with van der Waals surface area (Å²) in [6.45, 7) is 2.00. The smallest absolute Gasteiger partial charge is 0.324 e. The number of nitrogens with zero attached hydrogens (tertiary/aromatic N) is 1. The first-order chi connectivity index (χ1) is 8.41. The molecule has 0 amide bonds. The molecule has 1 aromatic rings. The Hall–Kier alpha value is -0.440. The number of hydrogen-bond acceptors (Lipinski definition) is 5. The average molecular weight is 354 g/mol. The molecule has 0 fully saturated rings. The number of thiophene rings is 1. The molecule has 1 aliphatic heterocycles. The van der Waals surface area contributed by atoms with Crippen molar-refractivity contribution in [1.29, 1.82) is 0 Å². The van der Waals surface area contributed by atoms with Crippen molar-refractivity contribution in [3.05, 3.63) is 14.7 Å². The maximum absolute atomic E-state index is 12.3. The lowest BCUT2D eigenvalue weighted by molar-refractivity contribution is -0.145. The molecule has 0 spiro atoms. The molecule has 0 aliphatic carbocycles. The monoisotopic (exact) mass is 353 g/mol. The van der Waals surface area contributed by atoms with Crippen LogP contribution >= 0.6 is 27.3 Å². The van der Waals surface area contributed by atoms with Crippen LogP contribution in [0, 0.1) is 0 Å². The van der Waals surface area contributed by atoms with Gasteiger partial charge in [-0.05, 0) is 28.4 Å². The summed E-state index contributed by atoms with van der Waals surface area (Å²) in [6.07, 6.45) is 0.391. The van der Waals surface area contributed by atoms with E-state index in [4.69, 9.17) is 0 Å². The fourth-order valence-electron chi connectivity index (χ4n) is 1.96. The van der Waals surface area contributed by atoms with Gasteiger partial charge < -0.3 is 4.74 Å². The second-order valence-corrected chi connectivity index (χ2v) is 8.21. The summed E-state index contributed by atoms with van der Waals surface area (Å²) in [6, 6.07) is 0.831. The molecule has 100 valence electrons.